The molecule has 0 aromatic carbocycles. The highest BCUT2D eigenvalue weighted by molar-refractivity contribution is 7.08. The summed E-state index contributed by atoms with van der Waals surface area (Å²) in [7, 11) is 0. The van der Waals surface area contributed by atoms with Gasteiger partial charge >= 0.3 is 0 Å². The van der Waals surface area contributed by atoms with Gasteiger partial charge in [-0.1, -0.05) is 6.92 Å². The lowest BCUT2D eigenvalue weighted by molar-refractivity contribution is -0.118. The Hall–Kier alpha value is -0.540. The molecule has 1 atom stereocenters. The molecule has 0 bridgehead atoms. The molecule has 1 rings (SSSR count). The van der Waals surface area contributed by atoms with Gasteiger partial charge in [0.2, 0.25) is 5.91 Å². The number of carbonyl (C=O) groups excluding carboxylic acids is 1. The Morgan fingerprint density at radius 1 is 1.83 bits per heavy atom. The summed E-state index contributed by atoms with van der Waals surface area (Å²) in [5.41, 5.74) is 0.849. The fourth-order valence-electron chi connectivity index (χ4n) is 0.671. The van der Waals surface area contributed by atoms with Gasteiger partial charge in [0.1, 0.15) is 0 Å². The van der Waals surface area contributed by atoms with Crippen LogP contribution in [-0.2, 0) is 4.79 Å². The van der Waals surface area contributed by atoms with Crippen molar-refractivity contribution in [2.45, 2.75) is 6.92 Å². The highest BCUT2D eigenvalue weighted by Gasteiger charge is 2.10. The number of halogens is 1. The lowest BCUT2D eigenvalue weighted by atomic mass is 10.2. The number of hydrogen-bond acceptors (Lipinski definition) is 2. The van der Waals surface area contributed by atoms with Crippen LogP contribution in [0.4, 0.5) is 5.69 Å². The first kappa shape index (κ1) is 9.55. The Bertz CT molecular complexity index is 248. The van der Waals surface area contributed by atoms with Gasteiger partial charge in [0.15, 0.2) is 0 Å². The smallest absolute Gasteiger partial charge is 0.228 e. The Morgan fingerprint density at radius 3 is 3.08 bits per heavy atom. The van der Waals surface area contributed by atoms with E-state index in [1.807, 2.05) is 16.8 Å². The van der Waals surface area contributed by atoms with Gasteiger partial charge in [-0.25, -0.2) is 0 Å². The monoisotopic (exact) mass is 203 g/mol. The predicted octanol–water partition coefficient (Wildman–Crippen LogP) is 2.56. The topological polar surface area (TPSA) is 29.1 Å². The molecular formula is C8H10ClNOS. The maximum absolute atomic E-state index is 11.3. The number of amides is 1. The van der Waals surface area contributed by atoms with E-state index in [1.165, 1.54) is 0 Å². The van der Waals surface area contributed by atoms with E-state index < -0.39 is 0 Å². The van der Waals surface area contributed by atoms with Crippen LogP contribution in [-0.4, -0.2) is 11.8 Å². The molecule has 0 fully saturated rings. The largest absolute Gasteiger partial charge is 0.325 e. The summed E-state index contributed by atoms with van der Waals surface area (Å²) < 4.78 is 0. The summed E-state index contributed by atoms with van der Waals surface area (Å²) in [6.45, 7) is 1.80. The van der Waals surface area contributed by atoms with Gasteiger partial charge in [0.05, 0.1) is 5.69 Å². The normalized spacial score (nSPS) is 12.5. The molecular weight excluding hydrogens is 194 g/mol. The zero-order valence-electron chi connectivity index (χ0n) is 6.71. The summed E-state index contributed by atoms with van der Waals surface area (Å²) in [4.78, 5) is 11.3. The van der Waals surface area contributed by atoms with Crippen LogP contribution in [0, 0.1) is 5.92 Å². The van der Waals surface area contributed by atoms with Crippen molar-refractivity contribution in [3.05, 3.63) is 16.8 Å². The molecule has 0 saturated carbocycles. The van der Waals surface area contributed by atoms with E-state index in [2.05, 4.69) is 5.32 Å². The van der Waals surface area contributed by atoms with Crippen LogP contribution in [0.3, 0.4) is 0 Å². The fourth-order valence-corrected chi connectivity index (χ4v) is 1.40. The average Bonchev–Trinajstić information content (AvgIpc) is 2.55. The summed E-state index contributed by atoms with van der Waals surface area (Å²) in [6.07, 6.45) is 0. The fraction of sp³-hybridized carbons (Fsp3) is 0.375. The highest BCUT2D eigenvalue weighted by Crippen LogP contribution is 2.13. The Morgan fingerprint density at radius 2 is 2.58 bits per heavy atom. The lowest BCUT2D eigenvalue weighted by Gasteiger charge is -2.06. The molecule has 0 aliphatic rings. The van der Waals surface area contributed by atoms with Gasteiger partial charge in [0.25, 0.3) is 0 Å². The number of carbonyl (C=O) groups is 1. The van der Waals surface area contributed by atoms with Gasteiger partial charge in [-0.15, -0.1) is 11.6 Å². The van der Waals surface area contributed by atoms with Crippen molar-refractivity contribution in [3.8, 4) is 0 Å². The number of alkyl halides is 1. The second-order valence-corrected chi connectivity index (χ2v) is 3.65. The molecule has 1 N–H and O–H groups in total. The minimum absolute atomic E-state index is 0.0246. The molecule has 4 heteroatoms. The van der Waals surface area contributed by atoms with Crippen molar-refractivity contribution in [2.75, 3.05) is 11.2 Å². The van der Waals surface area contributed by atoms with Gasteiger partial charge in [0, 0.05) is 17.2 Å². The van der Waals surface area contributed by atoms with Crippen LogP contribution >= 0.6 is 22.9 Å². The third-order valence-corrected chi connectivity index (χ3v) is 2.61. The highest BCUT2D eigenvalue weighted by atomic mass is 35.5. The van der Waals surface area contributed by atoms with Gasteiger partial charge in [-0.05, 0) is 11.4 Å². The molecule has 0 spiro atoms. The van der Waals surface area contributed by atoms with Crippen molar-refractivity contribution in [3.63, 3.8) is 0 Å². The molecule has 0 aliphatic heterocycles. The minimum atomic E-state index is -0.133. The minimum Gasteiger partial charge on any atom is -0.325 e. The molecule has 0 saturated heterocycles. The second kappa shape index (κ2) is 4.48. The molecule has 1 unspecified atom stereocenters. The zero-order valence-corrected chi connectivity index (χ0v) is 8.28. The van der Waals surface area contributed by atoms with Crippen molar-refractivity contribution in [1.29, 1.82) is 0 Å². The van der Waals surface area contributed by atoms with Crippen LogP contribution in [0.2, 0.25) is 0 Å². The van der Waals surface area contributed by atoms with E-state index in [0.29, 0.717) is 5.88 Å². The molecule has 1 aromatic heterocycles. The van der Waals surface area contributed by atoms with Crippen LogP contribution in [0.1, 0.15) is 6.92 Å². The predicted molar refractivity (Wildman–Crippen MR) is 52.8 cm³/mol. The maximum atomic E-state index is 11.3. The number of anilines is 1. The van der Waals surface area contributed by atoms with Gasteiger partial charge in [-0.2, -0.15) is 11.3 Å². The Kier molecular flexibility index (Phi) is 3.56. The summed E-state index contributed by atoms with van der Waals surface area (Å²) in [5, 5.41) is 6.57. The number of thiophene rings is 1. The molecule has 1 aromatic rings. The van der Waals surface area contributed by atoms with E-state index in [0.717, 1.165) is 5.69 Å². The van der Waals surface area contributed by atoms with Crippen molar-refractivity contribution < 1.29 is 4.79 Å². The summed E-state index contributed by atoms with van der Waals surface area (Å²) in [6, 6.07) is 1.86. The van der Waals surface area contributed by atoms with E-state index in [4.69, 9.17) is 11.6 Å². The van der Waals surface area contributed by atoms with Crippen LogP contribution in [0.5, 0.6) is 0 Å². The molecule has 12 heavy (non-hydrogen) atoms. The molecule has 0 aliphatic carbocycles. The second-order valence-electron chi connectivity index (χ2n) is 2.56. The first-order chi connectivity index (χ1) is 5.74. The van der Waals surface area contributed by atoms with E-state index >= 15 is 0 Å². The molecule has 0 radical (unpaired) electrons. The third-order valence-electron chi connectivity index (χ3n) is 1.47. The zero-order chi connectivity index (χ0) is 8.97. The van der Waals surface area contributed by atoms with Gasteiger partial charge in [-0.3, -0.25) is 4.79 Å². The first-order valence-corrected chi connectivity index (χ1v) is 5.11. The molecule has 2 nitrogen and oxygen atoms in total. The maximum Gasteiger partial charge on any atom is 0.228 e. The number of hydrogen-bond donors (Lipinski definition) is 1. The number of rotatable bonds is 3. The summed E-state index contributed by atoms with van der Waals surface area (Å²) in [5.74, 6) is 0.200. The third kappa shape index (κ3) is 2.50. The number of nitrogens with one attached hydrogen (secondary N) is 1. The first-order valence-electron chi connectivity index (χ1n) is 3.63. The van der Waals surface area contributed by atoms with Crippen molar-refractivity contribution >= 4 is 34.5 Å². The quantitative estimate of drug-likeness (QED) is 0.752. The molecule has 1 amide bonds. The SMILES string of the molecule is CC(CCl)C(=O)Nc1ccsc1. The van der Waals surface area contributed by atoms with Crippen molar-refractivity contribution in [1.82, 2.24) is 0 Å². The average molecular weight is 204 g/mol. The van der Waals surface area contributed by atoms with E-state index in [-0.39, 0.29) is 11.8 Å². The van der Waals surface area contributed by atoms with Crippen LogP contribution < -0.4 is 5.32 Å². The standard InChI is InChI=1S/C8H10ClNOS/c1-6(4-9)8(11)10-7-2-3-12-5-7/h2-3,5-6H,4H2,1H3,(H,10,11). The van der Waals surface area contributed by atoms with Crippen molar-refractivity contribution in [2.24, 2.45) is 5.92 Å². The van der Waals surface area contributed by atoms with E-state index in [9.17, 15) is 4.79 Å². The van der Waals surface area contributed by atoms with Crippen LogP contribution in [0.15, 0.2) is 16.8 Å². The molecule has 66 valence electrons. The Labute approximate surface area is 80.5 Å². The summed E-state index contributed by atoms with van der Waals surface area (Å²) >= 11 is 7.08. The van der Waals surface area contributed by atoms with Crippen LogP contribution in [0.25, 0.3) is 0 Å². The molecule has 1 heterocycles. The van der Waals surface area contributed by atoms with E-state index in [1.54, 1.807) is 18.3 Å². The Balaban J connectivity index is 2.47. The lowest BCUT2D eigenvalue weighted by Crippen LogP contribution is -2.20. The van der Waals surface area contributed by atoms with Gasteiger partial charge < -0.3 is 5.32 Å².